The number of hydrogen-bond acceptors (Lipinski definition) is 6. The molecule has 2 N–H and O–H groups in total. The average Bonchev–Trinajstić information content (AvgIpc) is 2.49. The summed E-state index contributed by atoms with van der Waals surface area (Å²) >= 11 is 0. The minimum atomic E-state index is -2.21. The first kappa shape index (κ1) is 23.9. The molecular weight excluding hydrogens is 342 g/mol. The third-order valence-electron chi connectivity index (χ3n) is 4.59. The lowest BCUT2D eigenvalue weighted by atomic mass is 9.98. The lowest BCUT2D eigenvalue weighted by Crippen LogP contribution is -2.52. The van der Waals surface area contributed by atoms with Gasteiger partial charge in [-0.3, -0.25) is 0 Å². The van der Waals surface area contributed by atoms with Gasteiger partial charge in [-0.25, -0.2) is 4.79 Å². The van der Waals surface area contributed by atoms with Gasteiger partial charge < -0.3 is 19.4 Å². The van der Waals surface area contributed by atoms with E-state index < -0.39 is 38.6 Å². The van der Waals surface area contributed by atoms with Gasteiger partial charge in [-0.05, 0) is 37.0 Å². The Kier molecular flexibility index (Phi) is 9.67. The van der Waals surface area contributed by atoms with E-state index in [1.807, 2.05) is 6.92 Å². The van der Waals surface area contributed by atoms with Crippen LogP contribution in [0, 0.1) is 0 Å². The molecule has 0 amide bonds. The third-order valence-corrected chi connectivity index (χ3v) is 9.10. The van der Waals surface area contributed by atoms with E-state index in [1.54, 1.807) is 6.92 Å². The van der Waals surface area contributed by atoms with Crippen molar-refractivity contribution in [2.24, 2.45) is 5.11 Å². The fraction of sp³-hybridized carbons (Fsp3) is 0.938. The van der Waals surface area contributed by atoms with Crippen LogP contribution in [0.15, 0.2) is 5.11 Å². The summed E-state index contributed by atoms with van der Waals surface area (Å²) in [6, 6.07) is -1.08. The molecule has 0 unspecified atom stereocenters. The molecule has 0 fully saturated rings. The predicted molar refractivity (Wildman–Crippen MR) is 98.6 cm³/mol. The molecule has 0 aliphatic heterocycles. The average molecular weight is 376 g/mol. The topological polar surface area (TPSA) is 125 Å². The largest absolute Gasteiger partial charge is 0.464 e. The summed E-state index contributed by atoms with van der Waals surface area (Å²) in [6.45, 7) is 14.0. The second-order valence-electron chi connectivity index (χ2n) is 7.59. The van der Waals surface area contributed by atoms with Gasteiger partial charge in [-0.1, -0.05) is 39.2 Å². The number of nitrogens with zero attached hydrogens (tertiary/aromatic N) is 3. The van der Waals surface area contributed by atoms with Gasteiger partial charge in [-0.2, -0.15) is 0 Å². The lowest BCUT2D eigenvalue weighted by molar-refractivity contribution is -0.161. The molecular formula is C16H33N3O5Si. The van der Waals surface area contributed by atoms with Crippen LogP contribution in [-0.2, 0) is 14.0 Å². The van der Waals surface area contributed by atoms with Crippen molar-refractivity contribution in [3.8, 4) is 0 Å². The van der Waals surface area contributed by atoms with Gasteiger partial charge >= 0.3 is 5.97 Å². The molecule has 0 aromatic heterocycles. The minimum Gasteiger partial charge on any atom is -0.464 e. The molecule has 25 heavy (non-hydrogen) atoms. The number of aliphatic hydroxyl groups excluding tert-OH is 2. The third kappa shape index (κ3) is 6.95. The van der Waals surface area contributed by atoms with Crippen molar-refractivity contribution in [2.75, 3.05) is 6.61 Å². The highest BCUT2D eigenvalue weighted by atomic mass is 28.4. The summed E-state index contributed by atoms with van der Waals surface area (Å²) in [5.74, 6) is -0.948. The molecule has 146 valence electrons. The Hall–Kier alpha value is -1.12. The number of azide groups is 1. The fourth-order valence-corrected chi connectivity index (χ4v) is 3.48. The number of aliphatic hydroxyl groups is 2. The molecule has 0 spiro atoms. The molecule has 0 saturated carbocycles. The summed E-state index contributed by atoms with van der Waals surface area (Å²) in [5, 5.41) is 24.0. The summed E-state index contributed by atoms with van der Waals surface area (Å²) in [4.78, 5) is 14.5. The van der Waals surface area contributed by atoms with Crippen LogP contribution in [0.25, 0.3) is 10.4 Å². The molecule has 0 heterocycles. The fourth-order valence-electron chi connectivity index (χ4n) is 2.12. The molecule has 0 bridgehead atoms. The van der Waals surface area contributed by atoms with Crippen molar-refractivity contribution >= 4 is 14.3 Å². The van der Waals surface area contributed by atoms with Crippen LogP contribution in [0.3, 0.4) is 0 Å². The van der Waals surface area contributed by atoms with Crippen molar-refractivity contribution < 1.29 is 24.2 Å². The van der Waals surface area contributed by atoms with Gasteiger partial charge in [0.2, 0.25) is 0 Å². The van der Waals surface area contributed by atoms with Crippen molar-refractivity contribution in [1.29, 1.82) is 0 Å². The predicted octanol–water partition coefficient (Wildman–Crippen LogP) is 3.14. The SMILES string of the molecule is CCC[C@H](O[Si](C)(C)C(C)(C)C)[C@@H](N=[N+]=[N-])[C@@H](O)[C@H](O)C(=O)OCC. The zero-order valence-corrected chi connectivity index (χ0v) is 17.4. The highest BCUT2D eigenvalue weighted by Gasteiger charge is 2.43. The van der Waals surface area contributed by atoms with Crippen LogP contribution in [0.5, 0.6) is 0 Å². The minimum absolute atomic E-state index is 0.0770. The Morgan fingerprint density at radius 1 is 1.28 bits per heavy atom. The number of rotatable bonds is 10. The Labute approximate surface area is 151 Å². The molecule has 4 atom stereocenters. The quantitative estimate of drug-likeness (QED) is 0.199. The molecule has 0 aliphatic carbocycles. The van der Waals surface area contributed by atoms with Crippen molar-refractivity contribution in [1.82, 2.24) is 0 Å². The summed E-state index contributed by atoms with van der Waals surface area (Å²) in [6.07, 6.45) is -2.73. The Bertz CT molecular complexity index is 475. The summed E-state index contributed by atoms with van der Waals surface area (Å²) in [5.41, 5.74) is 8.89. The standard InChI is InChI=1S/C16H33N3O5Si/c1-8-10-11(24-25(6,7)16(3,4)5)12(18-19-17)13(20)14(21)15(22)23-9-2/h11-14,20-21H,8-10H2,1-7H3/t11-,12+,13+,14-/m0/s1. The van der Waals surface area contributed by atoms with Gasteiger partial charge in [0.05, 0.1) is 18.8 Å². The van der Waals surface area contributed by atoms with E-state index in [9.17, 15) is 15.0 Å². The summed E-state index contributed by atoms with van der Waals surface area (Å²) < 4.78 is 11.1. The zero-order valence-electron chi connectivity index (χ0n) is 16.4. The molecule has 0 aromatic rings. The maximum Gasteiger partial charge on any atom is 0.337 e. The second-order valence-corrected chi connectivity index (χ2v) is 12.3. The van der Waals surface area contributed by atoms with Crippen LogP contribution in [0.4, 0.5) is 0 Å². The maximum absolute atomic E-state index is 11.7. The Balaban J connectivity index is 5.58. The Morgan fingerprint density at radius 3 is 2.24 bits per heavy atom. The van der Waals surface area contributed by atoms with E-state index in [4.69, 9.17) is 14.7 Å². The number of esters is 1. The van der Waals surface area contributed by atoms with Gasteiger partial charge in [0, 0.05) is 4.91 Å². The van der Waals surface area contributed by atoms with E-state index in [-0.39, 0.29) is 11.6 Å². The first-order valence-electron chi connectivity index (χ1n) is 8.67. The smallest absolute Gasteiger partial charge is 0.337 e. The molecule has 0 rings (SSSR count). The first-order valence-corrected chi connectivity index (χ1v) is 11.6. The summed E-state index contributed by atoms with van der Waals surface area (Å²) in [7, 11) is -2.21. The van der Waals surface area contributed by atoms with Crippen LogP contribution in [0.2, 0.25) is 18.1 Å². The second kappa shape index (κ2) is 10.1. The van der Waals surface area contributed by atoms with Crippen LogP contribution in [-0.4, -0.2) is 55.5 Å². The molecule has 0 aliphatic rings. The van der Waals surface area contributed by atoms with Gasteiger partial charge in [0.15, 0.2) is 14.4 Å². The number of carbonyl (C=O) groups is 1. The molecule has 0 aromatic carbocycles. The van der Waals surface area contributed by atoms with Crippen LogP contribution >= 0.6 is 0 Å². The number of carbonyl (C=O) groups excluding carboxylic acids is 1. The van der Waals surface area contributed by atoms with E-state index in [1.165, 1.54) is 0 Å². The van der Waals surface area contributed by atoms with Crippen LogP contribution in [0.1, 0.15) is 47.5 Å². The maximum atomic E-state index is 11.7. The monoisotopic (exact) mass is 375 g/mol. The van der Waals surface area contributed by atoms with Crippen LogP contribution < -0.4 is 0 Å². The normalized spacial score (nSPS) is 17.2. The first-order chi connectivity index (χ1) is 11.4. The molecule has 9 heteroatoms. The number of ether oxygens (including phenoxy) is 1. The van der Waals surface area contributed by atoms with Gasteiger partial charge in [-0.15, -0.1) is 0 Å². The van der Waals surface area contributed by atoms with Gasteiger partial charge in [0.25, 0.3) is 0 Å². The van der Waals surface area contributed by atoms with E-state index in [0.717, 1.165) is 6.42 Å². The Morgan fingerprint density at radius 2 is 1.84 bits per heavy atom. The van der Waals surface area contributed by atoms with Gasteiger partial charge in [0.1, 0.15) is 6.10 Å². The zero-order chi connectivity index (χ0) is 19.8. The van der Waals surface area contributed by atoms with E-state index in [0.29, 0.717) is 6.42 Å². The van der Waals surface area contributed by atoms with E-state index in [2.05, 4.69) is 43.9 Å². The van der Waals surface area contributed by atoms with Crippen molar-refractivity contribution in [3.05, 3.63) is 10.4 Å². The molecule has 0 radical (unpaired) electrons. The highest BCUT2D eigenvalue weighted by Crippen LogP contribution is 2.38. The van der Waals surface area contributed by atoms with Crippen molar-refractivity contribution in [3.63, 3.8) is 0 Å². The number of hydrogen-bond donors (Lipinski definition) is 2. The molecule has 0 saturated heterocycles. The highest BCUT2D eigenvalue weighted by molar-refractivity contribution is 6.74. The van der Waals surface area contributed by atoms with Crippen molar-refractivity contribution in [2.45, 2.75) is 89.9 Å². The lowest BCUT2D eigenvalue weighted by Gasteiger charge is -2.41. The molecule has 8 nitrogen and oxygen atoms in total. The van der Waals surface area contributed by atoms with E-state index >= 15 is 0 Å².